The van der Waals surface area contributed by atoms with E-state index >= 15 is 0 Å². The fourth-order valence-corrected chi connectivity index (χ4v) is 2.64. The zero-order valence-electron chi connectivity index (χ0n) is 12.1. The van der Waals surface area contributed by atoms with E-state index in [1.165, 1.54) is 0 Å². The molecule has 0 aliphatic rings. The van der Waals surface area contributed by atoms with Crippen LogP contribution in [0.2, 0.25) is 0 Å². The van der Waals surface area contributed by atoms with Gasteiger partial charge in [0.15, 0.2) is 0 Å². The molecule has 0 radical (unpaired) electrons. The number of aromatic nitrogens is 1. The Hall–Kier alpha value is -1.92. The second-order valence-electron chi connectivity index (χ2n) is 4.76. The summed E-state index contributed by atoms with van der Waals surface area (Å²) in [7, 11) is 0. The molecule has 1 heterocycles. The normalized spacial score (nSPS) is 12.0. The van der Waals surface area contributed by atoms with Gasteiger partial charge in [0, 0.05) is 22.3 Å². The summed E-state index contributed by atoms with van der Waals surface area (Å²) < 4.78 is 0. The van der Waals surface area contributed by atoms with E-state index in [-0.39, 0.29) is 18.7 Å². The lowest BCUT2D eigenvalue weighted by molar-refractivity contribution is 0.222. The Morgan fingerprint density at radius 3 is 2.90 bits per heavy atom. The minimum absolute atomic E-state index is 0.0671. The summed E-state index contributed by atoms with van der Waals surface area (Å²) in [6.45, 7) is 3.80. The number of hydrogen-bond acceptors (Lipinski definition) is 4. The Morgan fingerprint density at radius 2 is 2.29 bits per heavy atom. The Labute approximate surface area is 128 Å². The number of rotatable bonds is 5. The molecule has 0 aliphatic heterocycles. The summed E-state index contributed by atoms with van der Waals surface area (Å²) in [5.74, 6) is 0. The van der Waals surface area contributed by atoms with E-state index in [4.69, 9.17) is 5.11 Å². The number of benzene rings is 1. The highest BCUT2D eigenvalue weighted by atomic mass is 32.1. The number of carbonyl (C=O) groups excluding carboxylic acids is 1. The molecule has 2 rings (SSSR count). The van der Waals surface area contributed by atoms with Crippen LogP contribution in [-0.4, -0.2) is 28.8 Å². The zero-order chi connectivity index (χ0) is 15.2. The van der Waals surface area contributed by atoms with Crippen LogP contribution in [0.3, 0.4) is 0 Å². The van der Waals surface area contributed by atoms with Crippen LogP contribution in [0, 0.1) is 6.92 Å². The number of urea groups is 1. The third-order valence-electron chi connectivity index (χ3n) is 3.03. The van der Waals surface area contributed by atoms with Crippen LogP contribution in [0.4, 0.5) is 10.5 Å². The summed E-state index contributed by atoms with van der Waals surface area (Å²) in [6.07, 6.45) is 0.683. The zero-order valence-corrected chi connectivity index (χ0v) is 12.9. The second kappa shape index (κ2) is 7.19. The van der Waals surface area contributed by atoms with E-state index in [0.717, 1.165) is 16.3 Å². The molecule has 3 N–H and O–H groups in total. The lowest BCUT2D eigenvalue weighted by Crippen LogP contribution is -2.39. The number of aryl methyl sites for hydroxylation is 1. The van der Waals surface area contributed by atoms with Gasteiger partial charge in [-0.25, -0.2) is 9.78 Å². The summed E-state index contributed by atoms with van der Waals surface area (Å²) in [6, 6.07) is 7.01. The standard InChI is InChI=1S/C15H19N3O2S/c1-3-12(8-19)17-15(20)18-13-6-4-5-11(7-13)14-16-10(2)9-21-14/h4-7,9,12,19H,3,8H2,1-2H3,(H2,17,18,20). The Balaban J connectivity index is 2.06. The Kier molecular flexibility index (Phi) is 5.30. The predicted octanol–water partition coefficient (Wildman–Crippen LogP) is 3.01. The van der Waals surface area contributed by atoms with Crippen LogP contribution in [0.25, 0.3) is 10.6 Å². The molecule has 2 amide bonds. The van der Waals surface area contributed by atoms with Gasteiger partial charge in [-0.2, -0.15) is 0 Å². The average Bonchev–Trinajstić information content (AvgIpc) is 2.91. The van der Waals surface area contributed by atoms with Crippen molar-refractivity contribution in [1.82, 2.24) is 10.3 Å². The average molecular weight is 305 g/mol. The molecule has 6 heteroatoms. The summed E-state index contributed by atoms with van der Waals surface area (Å²) in [5.41, 5.74) is 2.66. The van der Waals surface area contributed by atoms with Gasteiger partial charge in [0.25, 0.3) is 0 Å². The molecular formula is C15H19N3O2S. The lowest BCUT2D eigenvalue weighted by atomic mass is 10.2. The smallest absolute Gasteiger partial charge is 0.319 e. The molecular weight excluding hydrogens is 286 g/mol. The van der Waals surface area contributed by atoms with Gasteiger partial charge in [-0.05, 0) is 25.5 Å². The van der Waals surface area contributed by atoms with Gasteiger partial charge in [0.05, 0.1) is 12.6 Å². The van der Waals surface area contributed by atoms with Gasteiger partial charge in [-0.3, -0.25) is 0 Å². The van der Waals surface area contributed by atoms with E-state index < -0.39 is 0 Å². The van der Waals surface area contributed by atoms with Crippen molar-refractivity contribution in [3.63, 3.8) is 0 Å². The van der Waals surface area contributed by atoms with Gasteiger partial charge in [-0.15, -0.1) is 11.3 Å². The monoisotopic (exact) mass is 305 g/mol. The fourth-order valence-electron chi connectivity index (χ4n) is 1.85. The molecule has 1 aromatic heterocycles. The van der Waals surface area contributed by atoms with E-state index in [1.807, 2.05) is 43.5 Å². The van der Waals surface area contributed by atoms with Crippen molar-refractivity contribution in [3.8, 4) is 10.6 Å². The number of nitrogens with one attached hydrogen (secondary N) is 2. The molecule has 0 saturated heterocycles. The molecule has 1 aromatic carbocycles. The van der Waals surface area contributed by atoms with Gasteiger partial charge in [0.1, 0.15) is 5.01 Å². The third-order valence-corrected chi connectivity index (χ3v) is 4.04. The number of anilines is 1. The first-order chi connectivity index (χ1) is 10.1. The Morgan fingerprint density at radius 1 is 1.48 bits per heavy atom. The minimum atomic E-state index is -0.316. The molecule has 112 valence electrons. The predicted molar refractivity (Wildman–Crippen MR) is 85.6 cm³/mol. The molecule has 1 atom stereocenters. The van der Waals surface area contributed by atoms with Crippen LogP contribution < -0.4 is 10.6 Å². The van der Waals surface area contributed by atoms with Gasteiger partial charge in [0.2, 0.25) is 0 Å². The van der Waals surface area contributed by atoms with E-state index in [0.29, 0.717) is 12.1 Å². The van der Waals surface area contributed by atoms with E-state index in [9.17, 15) is 4.79 Å². The van der Waals surface area contributed by atoms with Crippen LogP contribution in [0.5, 0.6) is 0 Å². The number of aliphatic hydroxyl groups excluding tert-OH is 1. The van der Waals surface area contributed by atoms with E-state index in [2.05, 4.69) is 15.6 Å². The first-order valence-corrected chi connectivity index (χ1v) is 7.71. The SMILES string of the molecule is CCC(CO)NC(=O)Nc1cccc(-c2nc(C)cs2)c1. The second-order valence-corrected chi connectivity index (χ2v) is 5.62. The molecule has 0 bridgehead atoms. The van der Waals surface area contributed by atoms with Crippen molar-refractivity contribution in [2.24, 2.45) is 0 Å². The molecule has 0 saturated carbocycles. The van der Waals surface area contributed by atoms with Gasteiger partial charge >= 0.3 is 6.03 Å². The van der Waals surface area contributed by atoms with Crippen molar-refractivity contribution >= 4 is 23.1 Å². The molecule has 1 unspecified atom stereocenters. The molecule has 0 aliphatic carbocycles. The van der Waals surface area contributed by atoms with Crippen LogP contribution in [0.15, 0.2) is 29.6 Å². The maximum atomic E-state index is 11.8. The fraction of sp³-hybridized carbons (Fsp3) is 0.333. The van der Waals surface area contributed by atoms with Crippen LogP contribution in [-0.2, 0) is 0 Å². The van der Waals surface area contributed by atoms with Crippen molar-refractivity contribution in [3.05, 3.63) is 35.3 Å². The van der Waals surface area contributed by atoms with Crippen molar-refractivity contribution in [1.29, 1.82) is 0 Å². The van der Waals surface area contributed by atoms with Crippen LogP contribution >= 0.6 is 11.3 Å². The largest absolute Gasteiger partial charge is 0.394 e. The summed E-state index contributed by atoms with van der Waals surface area (Å²) in [4.78, 5) is 16.3. The highest BCUT2D eigenvalue weighted by Crippen LogP contribution is 2.25. The summed E-state index contributed by atoms with van der Waals surface area (Å²) >= 11 is 1.58. The number of carbonyl (C=O) groups is 1. The number of hydrogen-bond donors (Lipinski definition) is 3. The van der Waals surface area contributed by atoms with Gasteiger partial charge in [-0.1, -0.05) is 19.1 Å². The first-order valence-electron chi connectivity index (χ1n) is 6.83. The number of thiazole rings is 1. The van der Waals surface area contributed by atoms with Crippen molar-refractivity contribution in [2.75, 3.05) is 11.9 Å². The maximum Gasteiger partial charge on any atom is 0.319 e. The van der Waals surface area contributed by atoms with Gasteiger partial charge < -0.3 is 15.7 Å². The highest BCUT2D eigenvalue weighted by Gasteiger charge is 2.10. The van der Waals surface area contributed by atoms with E-state index in [1.54, 1.807) is 11.3 Å². The first kappa shape index (κ1) is 15.5. The number of aliphatic hydroxyl groups is 1. The quantitative estimate of drug-likeness (QED) is 0.795. The highest BCUT2D eigenvalue weighted by molar-refractivity contribution is 7.13. The Bertz CT molecular complexity index is 608. The summed E-state index contributed by atoms with van der Waals surface area (Å²) in [5, 5.41) is 17.5. The third kappa shape index (κ3) is 4.27. The minimum Gasteiger partial charge on any atom is -0.394 e. The molecule has 2 aromatic rings. The van der Waals surface area contributed by atoms with Crippen molar-refractivity contribution < 1.29 is 9.90 Å². The number of amides is 2. The molecule has 0 spiro atoms. The molecule has 0 fully saturated rings. The topological polar surface area (TPSA) is 74.2 Å². The number of nitrogens with zero attached hydrogens (tertiary/aromatic N) is 1. The lowest BCUT2D eigenvalue weighted by Gasteiger charge is -2.14. The maximum absolute atomic E-state index is 11.8. The molecule has 21 heavy (non-hydrogen) atoms. The molecule has 5 nitrogen and oxygen atoms in total. The van der Waals surface area contributed by atoms with Crippen molar-refractivity contribution in [2.45, 2.75) is 26.3 Å². The van der Waals surface area contributed by atoms with Crippen LogP contribution in [0.1, 0.15) is 19.0 Å².